The molecule has 8 heteroatoms. The highest BCUT2D eigenvalue weighted by Crippen LogP contribution is 2.32. The Labute approximate surface area is 143 Å². The van der Waals surface area contributed by atoms with Crippen LogP contribution in [0.4, 0.5) is 5.69 Å². The Bertz CT molecular complexity index is 691. The maximum Gasteiger partial charge on any atom is 0.343 e. The van der Waals surface area contributed by atoms with Gasteiger partial charge in [-0.1, -0.05) is 23.2 Å². The third kappa shape index (κ3) is 5.26. The van der Waals surface area contributed by atoms with Crippen LogP contribution in [0.25, 0.3) is 0 Å². The molecule has 0 spiro atoms. The molecule has 0 amide bonds. The number of aliphatic imine (C=N–C) groups is 1. The summed E-state index contributed by atoms with van der Waals surface area (Å²) in [6.45, 7) is 4.61. The summed E-state index contributed by atoms with van der Waals surface area (Å²) in [4.78, 5) is 26.9. The first-order chi connectivity index (χ1) is 10.6. The van der Waals surface area contributed by atoms with E-state index < -0.39 is 11.9 Å². The van der Waals surface area contributed by atoms with E-state index in [2.05, 4.69) is 4.99 Å². The molecule has 0 saturated heterocycles. The highest BCUT2D eigenvalue weighted by Gasteiger charge is 2.16. The molecule has 0 aliphatic carbocycles. The van der Waals surface area contributed by atoms with Crippen molar-refractivity contribution in [1.29, 1.82) is 0 Å². The van der Waals surface area contributed by atoms with Gasteiger partial charge in [0.25, 0.3) is 0 Å². The van der Waals surface area contributed by atoms with E-state index in [1.807, 2.05) is 0 Å². The van der Waals surface area contributed by atoms with E-state index in [-0.39, 0.29) is 38.7 Å². The summed E-state index contributed by atoms with van der Waals surface area (Å²) in [5.41, 5.74) is -0.346. The monoisotopic (exact) mass is 359 g/mol. The number of rotatable bonds is 5. The Hall–Kier alpha value is -2.05. The lowest BCUT2D eigenvalue weighted by Gasteiger charge is -2.09. The van der Waals surface area contributed by atoms with Crippen LogP contribution in [-0.2, 0) is 9.53 Å². The number of carbonyl (C=O) groups is 2. The van der Waals surface area contributed by atoms with Gasteiger partial charge in [0, 0.05) is 11.2 Å². The molecule has 124 valence electrons. The maximum atomic E-state index is 11.9. The SMILES string of the molecule is CC(O)=C(C=Nc1cc(Cl)cc(C(=O)O)c1Cl)C(=O)OC(C)C. The number of hydrogen-bond donors (Lipinski definition) is 2. The zero-order chi connectivity index (χ0) is 17.7. The fraction of sp³-hybridized carbons (Fsp3) is 0.267. The minimum Gasteiger partial charge on any atom is -0.512 e. The van der Waals surface area contributed by atoms with Crippen molar-refractivity contribution in [1.82, 2.24) is 0 Å². The molecule has 1 rings (SSSR count). The van der Waals surface area contributed by atoms with Gasteiger partial charge in [-0.2, -0.15) is 0 Å². The summed E-state index contributed by atoms with van der Waals surface area (Å²) in [5, 5.41) is 18.6. The molecule has 0 unspecified atom stereocenters. The van der Waals surface area contributed by atoms with E-state index in [4.69, 9.17) is 33.0 Å². The number of nitrogens with zero attached hydrogens (tertiary/aromatic N) is 1. The average molecular weight is 360 g/mol. The lowest BCUT2D eigenvalue weighted by Crippen LogP contribution is -2.15. The summed E-state index contributed by atoms with van der Waals surface area (Å²) in [5.74, 6) is -2.32. The Morgan fingerprint density at radius 1 is 1.26 bits per heavy atom. The summed E-state index contributed by atoms with van der Waals surface area (Å²) < 4.78 is 4.98. The van der Waals surface area contributed by atoms with Crippen molar-refractivity contribution in [2.24, 2.45) is 4.99 Å². The molecule has 0 fully saturated rings. The van der Waals surface area contributed by atoms with Crippen LogP contribution in [0, 0.1) is 0 Å². The number of halogens is 2. The van der Waals surface area contributed by atoms with E-state index in [0.717, 1.165) is 6.21 Å². The van der Waals surface area contributed by atoms with Gasteiger partial charge < -0.3 is 14.9 Å². The first-order valence-electron chi connectivity index (χ1n) is 6.50. The number of carboxylic acids is 1. The van der Waals surface area contributed by atoms with Gasteiger partial charge >= 0.3 is 11.9 Å². The van der Waals surface area contributed by atoms with Crippen molar-refractivity contribution in [3.05, 3.63) is 39.1 Å². The predicted molar refractivity (Wildman–Crippen MR) is 88.1 cm³/mol. The number of benzene rings is 1. The minimum atomic E-state index is -1.26. The van der Waals surface area contributed by atoms with Crippen LogP contribution in [0.5, 0.6) is 0 Å². The second-order valence-electron chi connectivity index (χ2n) is 4.80. The Morgan fingerprint density at radius 3 is 2.35 bits per heavy atom. The van der Waals surface area contributed by atoms with Crippen molar-refractivity contribution < 1.29 is 24.5 Å². The minimum absolute atomic E-state index is 0.0488. The normalized spacial score (nSPS) is 12.4. The van der Waals surface area contributed by atoms with E-state index in [1.54, 1.807) is 13.8 Å². The van der Waals surface area contributed by atoms with E-state index in [9.17, 15) is 14.7 Å². The Morgan fingerprint density at radius 2 is 1.87 bits per heavy atom. The molecule has 2 N–H and O–H groups in total. The van der Waals surface area contributed by atoms with Crippen molar-refractivity contribution in [2.45, 2.75) is 26.9 Å². The molecule has 0 aliphatic rings. The molecule has 23 heavy (non-hydrogen) atoms. The maximum absolute atomic E-state index is 11.9. The molecule has 1 aromatic rings. The van der Waals surface area contributed by atoms with Gasteiger partial charge in [0.05, 0.1) is 22.4 Å². The first-order valence-corrected chi connectivity index (χ1v) is 7.26. The standard InChI is InChI=1S/C15H15Cl2NO5/c1-7(2)23-15(22)11(8(3)19)6-18-12-5-9(16)4-10(13(12)17)14(20)21/h4-7,19H,1-3H3,(H,20,21). The molecule has 0 bridgehead atoms. The number of carboxylic acid groups (broad SMARTS) is 1. The van der Waals surface area contributed by atoms with Gasteiger partial charge in [-0.15, -0.1) is 0 Å². The second-order valence-corrected chi connectivity index (χ2v) is 5.62. The Balaban J connectivity index is 3.24. The lowest BCUT2D eigenvalue weighted by atomic mass is 10.2. The average Bonchev–Trinajstić information content (AvgIpc) is 2.40. The highest BCUT2D eigenvalue weighted by atomic mass is 35.5. The zero-order valence-electron chi connectivity index (χ0n) is 12.6. The highest BCUT2D eigenvalue weighted by molar-refractivity contribution is 6.38. The number of ether oxygens (including phenoxy) is 1. The van der Waals surface area contributed by atoms with E-state index >= 15 is 0 Å². The van der Waals surface area contributed by atoms with Crippen LogP contribution < -0.4 is 0 Å². The van der Waals surface area contributed by atoms with Crippen molar-refractivity contribution in [2.75, 3.05) is 0 Å². The van der Waals surface area contributed by atoms with E-state index in [0.29, 0.717) is 0 Å². The summed E-state index contributed by atoms with van der Waals surface area (Å²) in [6, 6.07) is 2.53. The number of allylic oxidation sites excluding steroid dienone is 1. The van der Waals surface area contributed by atoms with Crippen LogP contribution in [0.3, 0.4) is 0 Å². The molecule has 0 saturated carbocycles. The van der Waals surface area contributed by atoms with Gasteiger partial charge in [-0.25, -0.2) is 9.59 Å². The molecule has 0 heterocycles. The Kier molecular flexibility index (Phi) is 6.60. The van der Waals surface area contributed by atoms with Gasteiger partial charge in [-0.3, -0.25) is 4.99 Å². The zero-order valence-corrected chi connectivity index (χ0v) is 14.1. The van der Waals surface area contributed by atoms with Crippen LogP contribution in [0.15, 0.2) is 28.5 Å². The van der Waals surface area contributed by atoms with Gasteiger partial charge in [0.1, 0.15) is 11.3 Å². The smallest absolute Gasteiger partial charge is 0.343 e. The third-order valence-corrected chi connectivity index (χ3v) is 3.15. The van der Waals surface area contributed by atoms with Crippen molar-refractivity contribution in [3.63, 3.8) is 0 Å². The summed E-state index contributed by atoms with van der Waals surface area (Å²) >= 11 is 11.8. The molecular formula is C15H15Cl2NO5. The summed E-state index contributed by atoms with van der Waals surface area (Å²) in [6.07, 6.45) is 0.669. The lowest BCUT2D eigenvalue weighted by molar-refractivity contribution is -0.142. The molecule has 1 aromatic carbocycles. The number of aliphatic hydroxyl groups is 1. The number of hydrogen-bond acceptors (Lipinski definition) is 5. The molecule has 0 radical (unpaired) electrons. The second kappa shape index (κ2) is 7.99. The van der Waals surface area contributed by atoms with E-state index in [1.165, 1.54) is 19.1 Å². The van der Waals surface area contributed by atoms with Gasteiger partial charge in [0.15, 0.2) is 0 Å². The molecule has 0 atom stereocenters. The van der Waals surface area contributed by atoms with Crippen LogP contribution in [0.1, 0.15) is 31.1 Å². The molecule has 0 aliphatic heterocycles. The molecular weight excluding hydrogens is 345 g/mol. The van der Waals surface area contributed by atoms with Crippen molar-refractivity contribution >= 4 is 47.0 Å². The van der Waals surface area contributed by atoms with Crippen LogP contribution in [-0.4, -0.2) is 34.5 Å². The number of aromatic carboxylic acids is 1. The third-order valence-electron chi connectivity index (χ3n) is 2.53. The number of carbonyl (C=O) groups excluding carboxylic acids is 1. The quantitative estimate of drug-likeness (QED) is 0.355. The van der Waals surface area contributed by atoms with Gasteiger partial charge in [-0.05, 0) is 32.9 Å². The number of aliphatic hydroxyl groups excluding tert-OH is 1. The number of esters is 1. The van der Waals surface area contributed by atoms with Gasteiger partial charge in [0.2, 0.25) is 0 Å². The van der Waals surface area contributed by atoms with Crippen LogP contribution >= 0.6 is 23.2 Å². The predicted octanol–water partition coefficient (Wildman–Crippen LogP) is 4.18. The largest absolute Gasteiger partial charge is 0.512 e. The topological polar surface area (TPSA) is 96.2 Å². The van der Waals surface area contributed by atoms with Crippen molar-refractivity contribution in [3.8, 4) is 0 Å². The fourth-order valence-corrected chi connectivity index (χ4v) is 1.98. The molecule has 6 nitrogen and oxygen atoms in total. The summed E-state index contributed by atoms with van der Waals surface area (Å²) in [7, 11) is 0. The first kappa shape index (κ1) is 19.0. The van der Waals surface area contributed by atoms with Crippen LogP contribution in [0.2, 0.25) is 10.0 Å². The fourth-order valence-electron chi connectivity index (χ4n) is 1.53. The molecule has 0 aromatic heterocycles.